The highest BCUT2D eigenvalue weighted by Crippen LogP contribution is 2.35. The van der Waals surface area contributed by atoms with Crippen LogP contribution in [0.1, 0.15) is 28.3 Å². The predicted molar refractivity (Wildman–Crippen MR) is 83.5 cm³/mol. The largest absolute Gasteiger partial charge is 0.507 e. The topological polar surface area (TPSA) is 133 Å². The number of nitrogens with one attached hydrogen (secondary N) is 1. The molecule has 1 aromatic rings. The third-order valence-corrected chi connectivity index (χ3v) is 4.76. The molecule has 0 unspecified atom stereocenters. The second-order valence-electron chi connectivity index (χ2n) is 6.28. The van der Waals surface area contributed by atoms with Gasteiger partial charge >= 0.3 is 5.97 Å². The van der Waals surface area contributed by atoms with Crippen LogP contribution in [-0.4, -0.2) is 58.6 Å². The predicted octanol–water partition coefficient (Wildman–Crippen LogP) is -0.520. The van der Waals surface area contributed by atoms with Gasteiger partial charge in [-0.25, -0.2) is 4.79 Å². The summed E-state index contributed by atoms with van der Waals surface area (Å²) in [6.07, 6.45) is 0.398. The van der Waals surface area contributed by atoms with Crippen LogP contribution in [0.25, 0.3) is 0 Å². The number of likely N-dealkylation sites (tertiary alicyclic amines) is 1. The van der Waals surface area contributed by atoms with Crippen molar-refractivity contribution in [1.82, 2.24) is 10.2 Å². The minimum absolute atomic E-state index is 0.0936. The second kappa shape index (κ2) is 6.12. The van der Waals surface area contributed by atoms with Gasteiger partial charge in [-0.05, 0) is 12.5 Å². The van der Waals surface area contributed by atoms with Gasteiger partial charge in [0.15, 0.2) is 0 Å². The Morgan fingerprint density at radius 2 is 1.96 bits per heavy atom. The van der Waals surface area contributed by atoms with E-state index in [1.807, 2.05) is 0 Å². The fourth-order valence-electron chi connectivity index (χ4n) is 3.28. The van der Waals surface area contributed by atoms with Gasteiger partial charge in [-0.15, -0.1) is 0 Å². The molecule has 0 bridgehead atoms. The Morgan fingerprint density at radius 1 is 1.25 bits per heavy atom. The maximum absolute atomic E-state index is 12.4. The number of carbonyl (C=O) groups excluding carboxylic acids is 2. The van der Waals surface area contributed by atoms with Crippen molar-refractivity contribution in [3.05, 3.63) is 29.3 Å². The van der Waals surface area contributed by atoms with Crippen molar-refractivity contribution in [2.75, 3.05) is 19.6 Å². The number of phenols is 1. The van der Waals surface area contributed by atoms with Gasteiger partial charge < -0.3 is 26.2 Å². The SMILES string of the molecule is NC(=O)[C@@H]1CN[C@H](C(=O)N2CC(c3cccc(C(=O)O)c3O)C2)C1. The van der Waals surface area contributed by atoms with Crippen molar-refractivity contribution < 1.29 is 24.6 Å². The molecular weight excluding hydrogens is 314 g/mol. The van der Waals surface area contributed by atoms with E-state index in [4.69, 9.17) is 10.8 Å². The summed E-state index contributed by atoms with van der Waals surface area (Å²) < 4.78 is 0. The molecule has 5 N–H and O–H groups in total. The molecule has 2 aliphatic rings. The molecular formula is C16H19N3O5. The van der Waals surface area contributed by atoms with E-state index in [2.05, 4.69) is 5.32 Å². The minimum Gasteiger partial charge on any atom is -0.507 e. The molecule has 24 heavy (non-hydrogen) atoms. The lowest BCUT2D eigenvalue weighted by Crippen LogP contribution is -2.54. The number of carboxylic acids is 1. The van der Waals surface area contributed by atoms with E-state index in [0.29, 0.717) is 31.6 Å². The van der Waals surface area contributed by atoms with Gasteiger partial charge in [0.1, 0.15) is 11.3 Å². The molecule has 2 heterocycles. The highest BCUT2D eigenvalue weighted by Gasteiger charge is 2.40. The van der Waals surface area contributed by atoms with Gasteiger partial charge in [-0.2, -0.15) is 0 Å². The quantitative estimate of drug-likeness (QED) is 0.586. The van der Waals surface area contributed by atoms with E-state index in [0.717, 1.165) is 0 Å². The van der Waals surface area contributed by atoms with Crippen molar-refractivity contribution in [3.63, 3.8) is 0 Å². The number of amides is 2. The summed E-state index contributed by atoms with van der Waals surface area (Å²) in [4.78, 5) is 36.3. The fourth-order valence-corrected chi connectivity index (χ4v) is 3.28. The van der Waals surface area contributed by atoms with E-state index in [-0.39, 0.29) is 29.1 Å². The first-order chi connectivity index (χ1) is 11.4. The van der Waals surface area contributed by atoms with Crippen LogP contribution in [0.4, 0.5) is 0 Å². The van der Waals surface area contributed by atoms with Gasteiger partial charge in [0.25, 0.3) is 0 Å². The maximum Gasteiger partial charge on any atom is 0.339 e. The van der Waals surface area contributed by atoms with Gasteiger partial charge in [-0.1, -0.05) is 12.1 Å². The number of benzene rings is 1. The fraction of sp³-hybridized carbons (Fsp3) is 0.438. The van der Waals surface area contributed by atoms with Crippen molar-refractivity contribution >= 4 is 17.8 Å². The van der Waals surface area contributed by atoms with Crippen LogP contribution < -0.4 is 11.1 Å². The van der Waals surface area contributed by atoms with Gasteiger partial charge in [-0.3, -0.25) is 9.59 Å². The Balaban J connectivity index is 1.62. The van der Waals surface area contributed by atoms with Crippen LogP contribution in [0, 0.1) is 5.92 Å². The summed E-state index contributed by atoms with van der Waals surface area (Å²) in [5.74, 6) is -2.35. The minimum atomic E-state index is -1.19. The Morgan fingerprint density at radius 3 is 2.54 bits per heavy atom. The monoisotopic (exact) mass is 333 g/mol. The van der Waals surface area contributed by atoms with Crippen LogP contribution in [-0.2, 0) is 9.59 Å². The number of hydrogen-bond donors (Lipinski definition) is 4. The molecule has 0 saturated carbocycles. The molecule has 8 heteroatoms. The van der Waals surface area contributed by atoms with Crippen LogP contribution in [0.15, 0.2) is 18.2 Å². The Labute approximate surface area is 138 Å². The number of carbonyl (C=O) groups is 3. The molecule has 2 fully saturated rings. The van der Waals surface area contributed by atoms with Crippen LogP contribution in [0.2, 0.25) is 0 Å². The lowest BCUT2D eigenvalue weighted by atomic mass is 9.88. The van der Waals surface area contributed by atoms with E-state index >= 15 is 0 Å². The van der Waals surface area contributed by atoms with Crippen molar-refractivity contribution in [2.24, 2.45) is 11.7 Å². The molecule has 8 nitrogen and oxygen atoms in total. The number of nitrogens with zero attached hydrogens (tertiary/aromatic N) is 1. The first-order valence-corrected chi connectivity index (χ1v) is 7.75. The molecule has 0 aliphatic carbocycles. The zero-order chi connectivity index (χ0) is 17.4. The standard InChI is InChI=1S/C16H19N3O5/c17-14(21)8-4-12(18-5-8)15(22)19-6-9(7-19)10-2-1-3-11(13(10)20)16(23)24/h1-3,8-9,12,18,20H,4-7H2,(H2,17,21)(H,23,24)/t8-,12-/m0/s1. The van der Waals surface area contributed by atoms with E-state index < -0.39 is 17.9 Å². The summed E-state index contributed by atoms with van der Waals surface area (Å²) >= 11 is 0. The lowest BCUT2D eigenvalue weighted by molar-refractivity contribution is -0.137. The maximum atomic E-state index is 12.4. The normalized spacial score (nSPS) is 23.8. The molecule has 0 aromatic heterocycles. The number of para-hydroxylation sites is 1. The highest BCUT2D eigenvalue weighted by molar-refractivity contribution is 5.91. The molecule has 0 radical (unpaired) electrons. The number of primary amides is 1. The van der Waals surface area contributed by atoms with Gasteiger partial charge in [0.2, 0.25) is 11.8 Å². The zero-order valence-electron chi connectivity index (χ0n) is 12.9. The van der Waals surface area contributed by atoms with Crippen molar-refractivity contribution in [3.8, 4) is 5.75 Å². The lowest BCUT2D eigenvalue weighted by Gasteiger charge is -2.41. The van der Waals surface area contributed by atoms with Gasteiger partial charge in [0.05, 0.1) is 12.0 Å². The van der Waals surface area contributed by atoms with Gasteiger partial charge in [0, 0.05) is 31.1 Å². The summed E-state index contributed by atoms with van der Waals surface area (Å²) in [6.45, 7) is 1.23. The van der Waals surface area contributed by atoms with E-state index in [9.17, 15) is 19.5 Å². The number of carboxylic acid groups (broad SMARTS) is 1. The summed E-state index contributed by atoms with van der Waals surface area (Å²) in [5.41, 5.74) is 5.65. The third kappa shape index (κ3) is 2.80. The smallest absolute Gasteiger partial charge is 0.339 e. The number of rotatable bonds is 4. The molecule has 1 aromatic carbocycles. The summed E-state index contributed by atoms with van der Waals surface area (Å²) in [5, 5.41) is 22.1. The van der Waals surface area contributed by atoms with Crippen LogP contribution in [0.5, 0.6) is 5.75 Å². The number of aromatic hydroxyl groups is 1. The molecule has 2 amide bonds. The average molecular weight is 333 g/mol. The molecule has 2 atom stereocenters. The Kier molecular flexibility index (Phi) is 4.15. The molecule has 2 saturated heterocycles. The molecule has 2 aliphatic heterocycles. The second-order valence-corrected chi connectivity index (χ2v) is 6.28. The first kappa shape index (κ1) is 16.3. The van der Waals surface area contributed by atoms with E-state index in [1.165, 1.54) is 6.07 Å². The molecule has 3 rings (SSSR count). The van der Waals surface area contributed by atoms with Crippen molar-refractivity contribution in [2.45, 2.75) is 18.4 Å². The highest BCUT2D eigenvalue weighted by atomic mass is 16.4. The Bertz CT molecular complexity index is 699. The molecule has 128 valence electrons. The molecule has 0 spiro atoms. The number of nitrogens with two attached hydrogens (primary N) is 1. The first-order valence-electron chi connectivity index (χ1n) is 7.75. The summed E-state index contributed by atoms with van der Waals surface area (Å²) in [6, 6.07) is 4.18. The number of aromatic carboxylic acids is 1. The van der Waals surface area contributed by atoms with Crippen LogP contribution in [0.3, 0.4) is 0 Å². The average Bonchev–Trinajstić information content (AvgIpc) is 2.97. The van der Waals surface area contributed by atoms with Crippen molar-refractivity contribution in [1.29, 1.82) is 0 Å². The zero-order valence-corrected chi connectivity index (χ0v) is 12.9. The van der Waals surface area contributed by atoms with E-state index in [1.54, 1.807) is 17.0 Å². The summed E-state index contributed by atoms with van der Waals surface area (Å²) in [7, 11) is 0. The van der Waals surface area contributed by atoms with Crippen LogP contribution >= 0.6 is 0 Å². The third-order valence-electron chi connectivity index (χ3n) is 4.76. The Hall–Kier alpha value is -2.61. The number of hydrogen-bond acceptors (Lipinski definition) is 5.